The van der Waals surface area contributed by atoms with Crippen molar-refractivity contribution in [3.8, 4) is 11.1 Å². The van der Waals surface area contributed by atoms with Gasteiger partial charge in [0.1, 0.15) is 10.1 Å². The summed E-state index contributed by atoms with van der Waals surface area (Å²) < 4.78 is 28.4. The Morgan fingerprint density at radius 1 is 1.15 bits per heavy atom. The van der Waals surface area contributed by atoms with Gasteiger partial charge in [-0.25, -0.2) is 22.4 Å². The Morgan fingerprint density at radius 2 is 1.79 bits per heavy atom. The molecule has 8 nitrogen and oxygen atoms in total. The number of carbonyl (C=O) groups is 1. The second-order valence-electron chi connectivity index (χ2n) is 8.13. The molecule has 1 atom stereocenters. The molecule has 0 fully saturated rings. The Kier molecular flexibility index (Phi) is 6.57. The molecule has 10 heteroatoms. The van der Waals surface area contributed by atoms with Gasteiger partial charge in [-0.05, 0) is 59.6 Å². The third-order valence-electron chi connectivity index (χ3n) is 5.34. The first kappa shape index (κ1) is 24.1. The molecule has 1 unspecified atom stereocenters. The molecule has 0 saturated heterocycles. The van der Waals surface area contributed by atoms with Gasteiger partial charge in [-0.1, -0.05) is 29.8 Å². The minimum Gasteiger partial charge on any atom is -0.392 e. The highest BCUT2D eigenvalue weighted by Crippen LogP contribution is 2.32. The van der Waals surface area contributed by atoms with Crippen LogP contribution in [-0.2, 0) is 10.0 Å². The van der Waals surface area contributed by atoms with Crippen LogP contribution in [0.25, 0.3) is 22.3 Å². The molecule has 1 N–H and O–H groups in total. The summed E-state index contributed by atoms with van der Waals surface area (Å²) in [4.78, 5) is 23.0. The van der Waals surface area contributed by atoms with Crippen LogP contribution in [0.2, 0.25) is 0 Å². The van der Waals surface area contributed by atoms with Gasteiger partial charge in [0.25, 0.3) is 15.9 Å². The molecule has 34 heavy (non-hydrogen) atoms. The molecule has 2 aromatic carbocycles. The van der Waals surface area contributed by atoms with Crippen LogP contribution in [0.1, 0.15) is 22.8 Å². The molecule has 1 amide bonds. The number of nitrogens with zero attached hydrogens (tertiary/aromatic N) is 4. The fourth-order valence-corrected chi connectivity index (χ4v) is 5.25. The Labute approximate surface area is 206 Å². The number of aliphatic hydroxyl groups excluding tert-OH is 1. The second kappa shape index (κ2) is 9.28. The standard InChI is InChI=1S/C24H23BrN4O4S/c1-15-4-10-19(11-5-15)34(32,33)29-14-20(22-23(29)26-12-21(25)27-22)17-6-8-18(9-7-17)24(31)28(3)13-16(2)30/h4-12,14,16,30H,13H2,1-3H3. The van der Waals surface area contributed by atoms with E-state index in [-0.39, 0.29) is 23.0 Å². The summed E-state index contributed by atoms with van der Waals surface area (Å²) >= 11 is 3.31. The lowest BCUT2D eigenvalue weighted by Crippen LogP contribution is -2.32. The highest BCUT2D eigenvalue weighted by atomic mass is 79.9. The van der Waals surface area contributed by atoms with Gasteiger partial charge >= 0.3 is 0 Å². The van der Waals surface area contributed by atoms with Gasteiger partial charge in [-0.2, -0.15) is 0 Å². The zero-order valence-corrected chi connectivity index (χ0v) is 21.2. The summed E-state index contributed by atoms with van der Waals surface area (Å²) in [6, 6.07) is 13.4. The van der Waals surface area contributed by atoms with E-state index in [0.29, 0.717) is 26.8 Å². The first-order chi connectivity index (χ1) is 16.1. The van der Waals surface area contributed by atoms with E-state index >= 15 is 0 Å². The average Bonchev–Trinajstić information content (AvgIpc) is 3.18. The molecule has 176 valence electrons. The summed E-state index contributed by atoms with van der Waals surface area (Å²) in [5.41, 5.74) is 3.27. The zero-order valence-electron chi connectivity index (χ0n) is 18.8. The number of fused-ring (bicyclic) bond motifs is 1. The molecule has 0 aliphatic rings. The Bertz CT molecular complexity index is 1460. The Hall–Kier alpha value is -3.08. The van der Waals surface area contributed by atoms with Crippen molar-refractivity contribution in [2.75, 3.05) is 13.6 Å². The number of aliphatic hydroxyl groups is 1. The van der Waals surface area contributed by atoms with Crippen LogP contribution in [0, 0.1) is 6.92 Å². The van der Waals surface area contributed by atoms with Crippen LogP contribution in [0.3, 0.4) is 0 Å². The second-order valence-corrected chi connectivity index (χ2v) is 10.8. The lowest BCUT2D eigenvalue weighted by molar-refractivity contribution is 0.0703. The van der Waals surface area contributed by atoms with Crippen molar-refractivity contribution in [2.24, 2.45) is 0 Å². The third-order valence-corrected chi connectivity index (χ3v) is 7.39. The molecule has 2 aromatic heterocycles. The predicted octanol–water partition coefficient (Wildman–Crippen LogP) is 3.86. The predicted molar refractivity (Wildman–Crippen MR) is 133 cm³/mol. The lowest BCUT2D eigenvalue weighted by atomic mass is 10.1. The normalized spacial score (nSPS) is 12.6. The van der Waals surface area contributed by atoms with E-state index in [2.05, 4.69) is 25.9 Å². The van der Waals surface area contributed by atoms with Gasteiger partial charge in [0, 0.05) is 30.9 Å². The maximum atomic E-state index is 13.4. The molecule has 4 rings (SSSR count). The first-order valence-electron chi connectivity index (χ1n) is 10.5. The molecule has 0 radical (unpaired) electrons. The minimum atomic E-state index is -3.91. The quantitative estimate of drug-likeness (QED) is 0.396. The fraction of sp³-hybridized carbons (Fsp3) is 0.208. The van der Waals surface area contributed by atoms with Crippen LogP contribution in [0.5, 0.6) is 0 Å². The van der Waals surface area contributed by atoms with Gasteiger partial charge < -0.3 is 10.0 Å². The van der Waals surface area contributed by atoms with E-state index < -0.39 is 16.1 Å². The average molecular weight is 543 g/mol. The topological polar surface area (TPSA) is 105 Å². The van der Waals surface area contributed by atoms with E-state index in [9.17, 15) is 18.3 Å². The molecule has 0 saturated carbocycles. The van der Waals surface area contributed by atoms with Crippen LogP contribution in [0.15, 0.2) is 70.4 Å². The number of rotatable bonds is 6. The van der Waals surface area contributed by atoms with E-state index in [1.807, 2.05) is 6.92 Å². The number of benzene rings is 2. The molecule has 0 spiro atoms. The number of hydrogen-bond acceptors (Lipinski definition) is 6. The summed E-state index contributed by atoms with van der Waals surface area (Å²) in [5, 5.41) is 9.54. The summed E-state index contributed by atoms with van der Waals surface area (Å²) in [7, 11) is -2.29. The fourth-order valence-electron chi connectivity index (χ4n) is 3.65. The number of hydrogen-bond donors (Lipinski definition) is 1. The number of amides is 1. The molecule has 4 aromatic rings. The molecule has 2 heterocycles. The smallest absolute Gasteiger partial charge is 0.269 e. The maximum absolute atomic E-state index is 13.4. The largest absolute Gasteiger partial charge is 0.392 e. The summed E-state index contributed by atoms with van der Waals surface area (Å²) in [5.74, 6) is -0.223. The molecular formula is C24H23BrN4O4S. The van der Waals surface area contributed by atoms with Gasteiger partial charge in [-0.15, -0.1) is 0 Å². The highest BCUT2D eigenvalue weighted by Gasteiger charge is 2.24. The number of likely N-dealkylation sites (N-methyl/N-ethyl adjacent to an activating group) is 1. The van der Waals surface area contributed by atoms with E-state index in [0.717, 1.165) is 9.54 Å². The number of aryl methyl sites for hydroxylation is 1. The first-order valence-corrected chi connectivity index (χ1v) is 12.7. The van der Waals surface area contributed by atoms with Gasteiger partial charge in [-0.3, -0.25) is 4.79 Å². The van der Waals surface area contributed by atoms with E-state index in [1.54, 1.807) is 62.5 Å². The number of aromatic nitrogens is 3. The van der Waals surface area contributed by atoms with Gasteiger partial charge in [0.2, 0.25) is 0 Å². The number of carbonyl (C=O) groups excluding carboxylic acids is 1. The summed E-state index contributed by atoms with van der Waals surface area (Å²) in [6.07, 6.45) is 2.32. The van der Waals surface area contributed by atoms with Crippen molar-refractivity contribution in [2.45, 2.75) is 24.8 Å². The molecule has 0 aliphatic heterocycles. The zero-order chi connectivity index (χ0) is 24.6. The van der Waals surface area contributed by atoms with Crippen molar-refractivity contribution in [3.63, 3.8) is 0 Å². The monoisotopic (exact) mass is 542 g/mol. The molecule has 0 bridgehead atoms. The maximum Gasteiger partial charge on any atom is 0.269 e. The minimum absolute atomic E-state index is 0.147. The van der Waals surface area contributed by atoms with Crippen molar-refractivity contribution in [1.82, 2.24) is 18.8 Å². The van der Waals surface area contributed by atoms with Crippen molar-refractivity contribution >= 4 is 43.0 Å². The SMILES string of the molecule is Cc1ccc(S(=O)(=O)n2cc(-c3ccc(C(=O)N(C)CC(C)O)cc3)c3nc(Br)cnc32)cc1. The van der Waals surface area contributed by atoms with Crippen LogP contribution < -0.4 is 0 Å². The van der Waals surface area contributed by atoms with Crippen molar-refractivity contribution < 1.29 is 18.3 Å². The lowest BCUT2D eigenvalue weighted by Gasteiger charge is -2.18. The van der Waals surface area contributed by atoms with Crippen LogP contribution >= 0.6 is 15.9 Å². The highest BCUT2D eigenvalue weighted by molar-refractivity contribution is 9.10. The summed E-state index contributed by atoms with van der Waals surface area (Å²) in [6.45, 7) is 3.72. The Balaban J connectivity index is 1.79. The van der Waals surface area contributed by atoms with Crippen LogP contribution in [0.4, 0.5) is 0 Å². The molecular weight excluding hydrogens is 520 g/mol. The van der Waals surface area contributed by atoms with E-state index in [1.165, 1.54) is 17.3 Å². The van der Waals surface area contributed by atoms with Gasteiger partial charge in [0.05, 0.1) is 17.2 Å². The van der Waals surface area contributed by atoms with Crippen molar-refractivity contribution in [1.29, 1.82) is 0 Å². The van der Waals surface area contributed by atoms with E-state index in [4.69, 9.17) is 0 Å². The van der Waals surface area contributed by atoms with Gasteiger partial charge in [0.15, 0.2) is 5.65 Å². The third kappa shape index (κ3) is 4.61. The van der Waals surface area contributed by atoms with Crippen LogP contribution in [-0.4, -0.2) is 58.0 Å². The molecule has 0 aliphatic carbocycles. The van der Waals surface area contributed by atoms with Crippen molar-refractivity contribution in [3.05, 3.63) is 76.7 Å². The Morgan fingerprint density at radius 3 is 2.41 bits per heavy atom. The number of halogens is 1.